The third-order valence-corrected chi connectivity index (χ3v) is 3.38. The fourth-order valence-electron chi connectivity index (χ4n) is 2.67. The van der Waals surface area contributed by atoms with Gasteiger partial charge in [-0.05, 0) is 13.8 Å². The largest absolute Gasteiger partial charge is 0.373 e. The van der Waals surface area contributed by atoms with Crippen molar-refractivity contribution in [2.45, 2.75) is 32.6 Å². The predicted octanol–water partition coefficient (Wildman–Crippen LogP) is 0.610. The Morgan fingerprint density at radius 3 is 2.65 bits per heavy atom. The first-order chi connectivity index (χ1) is 9.60. The van der Waals surface area contributed by atoms with Crippen LogP contribution in [0.25, 0.3) is 5.69 Å². The summed E-state index contributed by atoms with van der Waals surface area (Å²) in [5.74, 6) is 0. The van der Waals surface area contributed by atoms with Crippen LogP contribution in [0.4, 0.5) is 0 Å². The summed E-state index contributed by atoms with van der Waals surface area (Å²) in [6, 6.07) is 0. The summed E-state index contributed by atoms with van der Waals surface area (Å²) in [6.45, 7) is 6.89. The van der Waals surface area contributed by atoms with Crippen molar-refractivity contribution in [3.05, 3.63) is 24.3 Å². The van der Waals surface area contributed by atoms with E-state index in [0.29, 0.717) is 0 Å². The fraction of sp³-hybridized carbons (Fsp3) is 0.615. The summed E-state index contributed by atoms with van der Waals surface area (Å²) < 4.78 is 9.25. The molecule has 0 aliphatic carbocycles. The number of aryl methyl sites for hydroxylation is 1. The molecular weight excluding hydrogens is 256 g/mol. The lowest BCUT2D eigenvalue weighted by Gasteiger charge is -2.34. The first-order valence-corrected chi connectivity index (χ1v) is 6.88. The zero-order chi connectivity index (χ0) is 14.1. The molecule has 108 valence electrons. The maximum Gasteiger partial charge on any atom is 0.104 e. The van der Waals surface area contributed by atoms with E-state index in [4.69, 9.17) is 4.74 Å². The van der Waals surface area contributed by atoms with Crippen molar-refractivity contribution in [3.8, 4) is 5.69 Å². The summed E-state index contributed by atoms with van der Waals surface area (Å²) in [5, 5.41) is 12.5. The Hall–Kier alpha value is -1.73. The second kappa shape index (κ2) is 5.34. The molecule has 0 aromatic carbocycles. The Morgan fingerprint density at radius 1 is 1.25 bits per heavy atom. The molecule has 0 amide bonds. The molecule has 20 heavy (non-hydrogen) atoms. The van der Waals surface area contributed by atoms with Gasteiger partial charge in [-0.1, -0.05) is 5.21 Å². The topological polar surface area (TPSA) is 61.0 Å². The van der Waals surface area contributed by atoms with Gasteiger partial charge in [-0.15, -0.1) is 5.10 Å². The number of ether oxygens (including phenoxy) is 1. The van der Waals surface area contributed by atoms with E-state index in [1.807, 2.05) is 19.4 Å². The Kier molecular flexibility index (Phi) is 3.54. The average Bonchev–Trinajstić information content (AvgIpc) is 2.96. The molecule has 2 atom stereocenters. The minimum atomic E-state index is 0.270. The average molecular weight is 276 g/mol. The first kappa shape index (κ1) is 13.3. The summed E-state index contributed by atoms with van der Waals surface area (Å²) in [4.78, 5) is 2.36. The van der Waals surface area contributed by atoms with E-state index in [0.717, 1.165) is 31.0 Å². The van der Waals surface area contributed by atoms with Gasteiger partial charge < -0.3 is 4.74 Å². The summed E-state index contributed by atoms with van der Waals surface area (Å²) in [6.07, 6.45) is 6.19. The molecule has 0 unspecified atom stereocenters. The Bertz CT molecular complexity index is 567. The quantitative estimate of drug-likeness (QED) is 0.822. The molecule has 0 N–H and O–H groups in total. The van der Waals surface area contributed by atoms with Crippen LogP contribution in [0.5, 0.6) is 0 Å². The molecule has 0 bridgehead atoms. The van der Waals surface area contributed by atoms with Crippen molar-refractivity contribution in [2.75, 3.05) is 13.1 Å². The van der Waals surface area contributed by atoms with E-state index < -0.39 is 0 Å². The number of aromatic nitrogens is 5. The standard InChI is InChI=1S/C13H20N6O/c1-10-5-18(6-11(2)20-10)7-12-8-19(16-15-12)13-4-14-17(3)9-13/h4,8-11H,5-7H2,1-3H3/t10-,11+. The molecule has 7 nitrogen and oxygen atoms in total. The fourth-order valence-corrected chi connectivity index (χ4v) is 2.67. The maximum absolute atomic E-state index is 5.74. The summed E-state index contributed by atoms with van der Waals surface area (Å²) in [7, 11) is 1.89. The minimum Gasteiger partial charge on any atom is -0.373 e. The van der Waals surface area contributed by atoms with Crippen LogP contribution in [0.2, 0.25) is 0 Å². The number of hydrogen-bond donors (Lipinski definition) is 0. The Morgan fingerprint density at radius 2 is 2.00 bits per heavy atom. The van der Waals surface area contributed by atoms with E-state index >= 15 is 0 Å². The van der Waals surface area contributed by atoms with Gasteiger partial charge in [-0.25, -0.2) is 4.68 Å². The monoisotopic (exact) mass is 276 g/mol. The van der Waals surface area contributed by atoms with E-state index in [9.17, 15) is 0 Å². The number of nitrogens with zero attached hydrogens (tertiary/aromatic N) is 6. The molecule has 2 aromatic heterocycles. The van der Waals surface area contributed by atoms with E-state index in [1.54, 1.807) is 15.6 Å². The van der Waals surface area contributed by atoms with Gasteiger partial charge in [0.25, 0.3) is 0 Å². The van der Waals surface area contributed by atoms with Crippen LogP contribution in [0.1, 0.15) is 19.5 Å². The molecule has 3 heterocycles. The van der Waals surface area contributed by atoms with Crippen molar-refractivity contribution in [2.24, 2.45) is 7.05 Å². The van der Waals surface area contributed by atoms with Crippen molar-refractivity contribution >= 4 is 0 Å². The van der Waals surface area contributed by atoms with Crippen LogP contribution in [-0.4, -0.2) is 55.0 Å². The molecule has 7 heteroatoms. The second-order valence-electron chi connectivity index (χ2n) is 5.48. The van der Waals surface area contributed by atoms with Gasteiger partial charge in [0.15, 0.2) is 0 Å². The molecule has 1 saturated heterocycles. The van der Waals surface area contributed by atoms with Gasteiger partial charge in [-0.3, -0.25) is 9.58 Å². The molecule has 3 rings (SSSR count). The third kappa shape index (κ3) is 2.88. The van der Waals surface area contributed by atoms with Gasteiger partial charge in [0, 0.05) is 26.7 Å². The lowest BCUT2D eigenvalue weighted by Crippen LogP contribution is -2.44. The van der Waals surface area contributed by atoms with Gasteiger partial charge in [0.1, 0.15) is 5.69 Å². The van der Waals surface area contributed by atoms with Crippen LogP contribution < -0.4 is 0 Å². The van der Waals surface area contributed by atoms with Gasteiger partial charge in [-0.2, -0.15) is 5.10 Å². The van der Waals surface area contributed by atoms with Gasteiger partial charge in [0.2, 0.25) is 0 Å². The molecule has 0 radical (unpaired) electrons. The van der Waals surface area contributed by atoms with E-state index in [1.165, 1.54) is 0 Å². The summed E-state index contributed by atoms with van der Waals surface area (Å²) >= 11 is 0. The first-order valence-electron chi connectivity index (χ1n) is 6.88. The maximum atomic E-state index is 5.74. The van der Waals surface area contributed by atoms with Crippen LogP contribution in [-0.2, 0) is 18.3 Å². The lowest BCUT2D eigenvalue weighted by molar-refractivity contribution is -0.0707. The second-order valence-corrected chi connectivity index (χ2v) is 5.48. The highest BCUT2D eigenvalue weighted by Crippen LogP contribution is 2.13. The number of morpholine rings is 1. The van der Waals surface area contributed by atoms with Crippen LogP contribution in [0.3, 0.4) is 0 Å². The molecule has 1 aliphatic heterocycles. The van der Waals surface area contributed by atoms with Crippen molar-refractivity contribution in [1.82, 2.24) is 29.7 Å². The van der Waals surface area contributed by atoms with E-state index in [-0.39, 0.29) is 12.2 Å². The normalized spacial score (nSPS) is 24.1. The van der Waals surface area contributed by atoms with Crippen LogP contribution in [0.15, 0.2) is 18.6 Å². The zero-order valence-corrected chi connectivity index (χ0v) is 12.1. The SMILES string of the molecule is C[C@@H]1CN(Cc2cn(-c3cnn(C)c3)nn2)C[C@H](C)O1. The van der Waals surface area contributed by atoms with Crippen LogP contribution in [0, 0.1) is 0 Å². The highest BCUT2D eigenvalue weighted by molar-refractivity contribution is 5.23. The molecule has 0 spiro atoms. The molecule has 0 saturated carbocycles. The van der Waals surface area contributed by atoms with E-state index in [2.05, 4.69) is 34.2 Å². The van der Waals surface area contributed by atoms with Gasteiger partial charge >= 0.3 is 0 Å². The molecular formula is C13H20N6O. The summed E-state index contributed by atoms with van der Waals surface area (Å²) in [5.41, 5.74) is 1.89. The van der Waals surface area contributed by atoms with Crippen molar-refractivity contribution < 1.29 is 4.74 Å². The van der Waals surface area contributed by atoms with Crippen molar-refractivity contribution in [1.29, 1.82) is 0 Å². The predicted molar refractivity (Wildman–Crippen MR) is 73.4 cm³/mol. The Balaban J connectivity index is 1.68. The zero-order valence-electron chi connectivity index (χ0n) is 12.1. The number of hydrogen-bond acceptors (Lipinski definition) is 5. The smallest absolute Gasteiger partial charge is 0.104 e. The highest BCUT2D eigenvalue weighted by Gasteiger charge is 2.22. The van der Waals surface area contributed by atoms with Gasteiger partial charge in [0.05, 0.1) is 36.5 Å². The van der Waals surface area contributed by atoms with Crippen molar-refractivity contribution in [3.63, 3.8) is 0 Å². The lowest BCUT2D eigenvalue weighted by atomic mass is 10.2. The van der Waals surface area contributed by atoms with Crippen LogP contribution >= 0.6 is 0 Å². The highest BCUT2D eigenvalue weighted by atomic mass is 16.5. The molecule has 2 aromatic rings. The molecule has 1 aliphatic rings. The Labute approximate surface area is 118 Å². The minimum absolute atomic E-state index is 0.270. The number of rotatable bonds is 3. The third-order valence-electron chi connectivity index (χ3n) is 3.38. The molecule has 1 fully saturated rings.